The second-order valence-corrected chi connectivity index (χ2v) is 4.30. The van der Waals surface area contributed by atoms with Gasteiger partial charge in [0.2, 0.25) is 5.91 Å². The Labute approximate surface area is 130 Å². The zero-order chi connectivity index (χ0) is 13.1. The Hall–Kier alpha value is -0.390. The number of unbranched alkanes of at least 4 members (excludes halogenated alkanes) is 1. The Morgan fingerprint density at radius 3 is 2.22 bits per heavy atom. The van der Waals surface area contributed by atoms with Crippen molar-refractivity contribution >= 4 is 17.8 Å². The number of rotatable bonds is 5. The molecule has 1 aliphatic rings. The maximum atomic E-state index is 12.3. The molecule has 96 valence electrons. The Morgan fingerprint density at radius 1 is 1.22 bits per heavy atom. The first-order valence-corrected chi connectivity index (χ1v) is 6.15. The molecule has 2 amide bonds. The number of carbonyl (C=O) groups is 2. The maximum absolute atomic E-state index is 12.3. The van der Waals surface area contributed by atoms with E-state index in [9.17, 15) is 14.7 Å². The van der Waals surface area contributed by atoms with Crippen LogP contribution in [0.4, 0.5) is 0 Å². The van der Waals surface area contributed by atoms with Gasteiger partial charge in [-0.05, 0) is 19.3 Å². The van der Waals surface area contributed by atoms with Crippen molar-refractivity contribution in [2.24, 2.45) is 10.4 Å². The third kappa shape index (κ3) is 2.95. The van der Waals surface area contributed by atoms with Gasteiger partial charge in [-0.15, -0.1) is 0 Å². The van der Waals surface area contributed by atoms with Crippen LogP contribution in [0.2, 0.25) is 0 Å². The summed E-state index contributed by atoms with van der Waals surface area (Å²) in [6.45, 7) is 5.89. The van der Waals surface area contributed by atoms with Crippen LogP contribution < -0.4 is 34.7 Å². The van der Waals surface area contributed by atoms with Gasteiger partial charge in [0.05, 0.1) is 6.02 Å². The molecule has 1 rings (SSSR count). The molecule has 1 aliphatic heterocycles. The maximum Gasteiger partial charge on any atom is 1.00 e. The second-order valence-electron chi connectivity index (χ2n) is 4.30. The van der Waals surface area contributed by atoms with Crippen molar-refractivity contribution in [2.45, 2.75) is 46.5 Å². The average molecular weight is 262 g/mol. The Kier molecular flexibility index (Phi) is 7.10. The van der Waals surface area contributed by atoms with Crippen LogP contribution in [-0.4, -0.2) is 29.3 Å². The predicted molar refractivity (Wildman–Crippen MR) is 62.1 cm³/mol. The standard InChI is InChI=1S/C12H20N2O3.Na/c1-4-7-8-14-10(16)12(5-2,6-3)9(15)13-11(14)17;/h4-8H2,1-3H3,(H,13,15,17);/q;+1/p-1. The van der Waals surface area contributed by atoms with E-state index in [2.05, 4.69) is 4.99 Å². The number of amidine groups is 1. The van der Waals surface area contributed by atoms with Gasteiger partial charge in [0, 0.05) is 6.54 Å². The van der Waals surface area contributed by atoms with Crippen LogP contribution in [0.5, 0.6) is 0 Å². The summed E-state index contributed by atoms with van der Waals surface area (Å²) in [5.41, 5.74) is -1.11. The first-order valence-electron chi connectivity index (χ1n) is 6.15. The number of aliphatic imine (C=N–C) groups is 1. The molecule has 1 heterocycles. The summed E-state index contributed by atoms with van der Waals surface area (Å²) in [6, 6.07) is -0.703. The van der Waals surface area contributed by atoms with Crippen LogP contribution in [0, 0.1) is 5.41 Å². The van der Waals surface area contributed by atoms with Crippen LogP contribution >= 0.6 is 0 Å². The number of carbonyl (C=O) groups excluding carboxylic acids is 2. The van der Waals surface area contributed by atoms with Crippen molar-refractivity contribution in [3.05, 3.63) is 0 Å². The van der Waals surface area contributed by atoms with Crippen LogP contribution in [0.1, 0.15) is 46.5 Å². The molecule has 0 saturated heterocycles. The van der Waals surface area contributed by atoms with Crippen molar-refractivity contribution in [3.63, 3.8) is 0 Å². The van der Waals surface area contributed by atoms with E-state index >= 15 is 0 Å². The minimum Gasteiger partial charge on any atom is -0.846 e. The SMILES string of the molecule is CCCCN1C(=O)C(CC)(CC)C(=O)N=C1[O-].[Na+]. The molecule has 18 heavy (non-hydrogen) atoms. The minimum absolute atomic E-state index is 0. The largest absolute Gasteiger partial charge is 1.00 e. The molecular formula is C12H19N2NaO3. The molecule has 0 unspecified atom stereocenters. The monoisotopic (exact) mass is 262 g/mol. The normalized spacial score (nSPS) is 18.4. The first-order chi connectivity index (χ1) is 8.03. The van der Waals surface area contributed by atoms with Crippen molar-refractivity contribution in [1.29, 1.82) is 0 Å². The van der Waals surface area contributed by atoms with Gasteiger partial charge in [0.15, 0.2) is 0 Å². The van der Waals surface area contributed by atoms with Gasteiger partial charge in [-0.2, -0.15) is 0 Å². The summed E-state index contributed by atoms with van der Waals surface area (Å²) < 4.78 is 0. The van der Waals surface area contributed by atoms with Crippen LogP contribution in [0.25, 0.3) is 0 Å². The van der Waals surface area contributed by atoms with E-state index in [1.165, 1.54) is 0 Å². The number of amides is 2. The van der Waals surface area contributed by atoms with Gasteiger partial charge in [0.1, 0.15) is 5.41 Å². The first kappa shape index (κ1) is 17.6. The Morgan fingerprint density at radius 2 is 1.78 bits per heavy atom. The molecule has 0 aliphatic carbocycles. The molecule has 0 saturated carbocycles. The second kappa shape index (κ2) is 7.26. The minimum atomic E-state index is -1.11. The fraction of sp³-hybridized carbons (Fsp3) is 0.750. The summed E-state index contributed by atoms with van der Waals surface area (Å²) >= 11 is 0. The van der Waals surface area contributed by atoms with Crippen LogP contribution in [0.15, 0.2) is 4.99 Å². The van der Waals surface area contributed by atoms with Crippen LogP contribution in [0.3, 0.4) is 0 Å². The summed E-state index contributed by atoms with van der Waals surface area (Å²) in [5.74, 6) is -0.953. The molecule has 5 nitrogen and oxygen atoms in total. The molecule has 0 N–H and O–H groups in total. The summed E-state index contributed by atoms with van der Waals surface area (Å²) in [4.78, 5) is 28.7. The van der Waals surface area contributed by atoms with Gasteiger partial charge < -0.3 is 10.0 Å². The average Bonchev–Trinajstić information content (AvgIpc) is 2.30. The molecule has 0 aromatic rings. The van der Waals surface area contributed by atoms with E-state index in [0.717, 1.165) is 17.7 Å². The fourth-order valence-electron chi connectivity index (χ4n) is 2.06. The third-order valence-electron chi connectivity index (χ3n) is 3.43. The van der Waals surface area contributed by atoms with Crippen molar-refractivity contribution in [3.8, 4) is 0 Å². The molecule has 0 bridgehead atoms. The van der Waals surface area contributed by atoms with Crippen molar-refractivity contribution < 1.29 is 44.3 Å². The zero-order valence-electron chi connectivity index (χ0n) is 11.7. The topological polar surface area (TPSA) is 72.8 Å². The molecule has 0 spiro atoms. The van der Waals surface area contributed by atoms with E-state index in [1.807, 2.05) is 6.92 Å². The van der Waals surface area contributed by atoms with Gasteiger partial charge in [-0.1, -0.05) is 27.2 Å². The van der Waals surface area contributed by atoms with Crippen LogP contribution in [-0.2, 0) is 9.59 Å². The van der Waals surface area contributed by atoms with E-state index in [1.54, 1.807) is 13.8 Å². The van der Waals surface area contributed by atoms with Gasteiger partial charge >= 0.3 is 29.6 Å². The Balaban J connectivity index is 0.00000289. The molecule has 6 heteroatoms. The molecular weight excluding hydrogens is 243 g/mol. The smallest absolute Gasteiger partial charge is 0.846 e. The summed E-state index contributed by atoms with van der Waals surface area (Å²) in [6.07, 6.45) is 2.40. The Bertz CT molecular complexity index is 351. The molecule has 0 aromatic carbocycles. The van der Waals surface area contributed by atoms with Crippen molar-refractivity contribution in [1.82, 2.24) is 4.90 Å². The van der Waals surface area contributed by atoms with E-state index in [-0.39, 0.29) is 35.5 Å². The number of hydrogen-bond acceptors (Lipinski definition) is 3. The van der Waals surface area contributed by atoms with E-state index in [0.29, 0.717) is 19.4 Å². The number of nitrogens with zero attached hydrogens (tertiary/aromatic N) is 2. The zero-order valence-corrected chi connectivity index (χ0v) is 13.7. The van der Waals surface area contributed by atoms with Gasteiger partial charge in [-0.3, -0.25) is 9.59 Å². The molecule has 0 fully saturated rings. The van der Waals surface area contributed by atoms with Crippen molar-refractivity contribution in [2.75, 3.05) is 6.54 Å². The quantitative estimate of drug-likeness (QED) is 0.412. The van der Waals surface area contributed by atoms with Gasteiger partial charge in [0.25, 0.3) is 5.91 Å². The molecule has 0 radical (unpaired) electrons. The van der Waals surface area contributed by atoms with E-state index < -0.39 is 17.3 Å². The number of hydrogen-bond donors (Lipinski definition) is 0. The predicted octanol–water partition coefficient (Wildman–Crippen LogP) is -2.32. The third-order valence-corrected chi connectivity index (χ3v) is 3.43. The summed E-state index contributed by atoms with van der Waals surface area (Å²) in [7, 11) is 0. The molecule has 0 aromatic heterocycles. The fourth-order valence-corrected chi connectivity index (χ4v) is 2.06. The summed E-state index contributed by atoms with van der Waals surface area (Å²) in [5, 5.41) is 11.6. The van der Waals surface area contributed by atoms with Gasteiger partial charge in [-0.25, -0.2) is 4.99 Å². The molecule has 0 atom stereocenters. The van der Waals surface area contributed by atoms with E-state index in [4.69, 9.17) is 0 Å².